The van der Waals surface area contributed by atoms with E-state index in [1.807, 2.05) is 6.92 Å². The number of rotatable bonds is 3. The molecule has 1 aliphatic rings. The number of aromatic hydroxyl groups is 1. The van der Waals surface area contributed by atoms with E-state index >= 15 is 0 Å². The summed E-state index contributed by atoms with van der Waals surface area (Å²) in [5.41, 5.74) is 0.672. The van der Waals surface area contributed by atoms with Crippen LogP contribution in [-0.2, 0) is 9.53 Å². The van der Waals surface area contributed by atoms with Gasteiger partial charge >= 0.3 is 0 Å². The topological polar surface area (TPSA) is 67.8 Å². The average molecular weight is 265 g/mol. The molecule has 1 aromatic rings. The Balaban J connectivity index is 2.29. The number of carbonyl (C=O) groups is 1. The first-order valence-electron chi connectivity index (χ1n) is 5.31. The van der Waals surface area contributed by atoms with Crippen molar-refractivity contribution in [1.82, 2.24) is 5.32 Å². The number of nitrogens with one attached hydrogen (secondary N) is 1. The van der Waals surface area contributed by atoms with Crippen molar-refractivity contribution in [2.75, 3.05) is 6.61 Å². The Labute approximate surface area is 109 Å². The Morgan fingerprint density at radius 1 is 1.56 bits per heavy atom. The molecule has 1 amide bonds. The summed E-state index contributed by atoms with van der Waals surface area (Å²) < 4.78 is 10.3. The normalized spacial score (nSPS) is 16.6. The average Bonchev–Trinajstić information content (AvgIpc) is 2.62. The van der Waals surface area contributed by atoms with Crippen molar-refractivity contribution in [2.45, 2.75) is 6.92 Å². The van der Waals surface area contributed by atoms with E-state index in [2.05, 4.69) is 5.32 Å². The van der Waals surface area contributed by atoms with E-state index in [-0.39, 0.29) is 22.6 Å². The van der Waals surface area contributed by atoms with Gasteiger partial charge in [0.25, 0.3) is 11.1 Å². The lowest BCUT2D eigenvalue weighted by molar-refractivity contribution is -0.116. The number of thiocarbonyl (C=S) groups is 1. The predicted octanol–water partition coefficient (Wildman–Crippen LogP) is 1.56. The second-order valence-corrected chi connectivity index (χ2v) is 3.88. The fraction of sp³-hybridized carbons (Fsp3) is 0.167. The first-order valence-corrected chi connectivity index (χ1v) is 5.71. The number of hydrogen-bond acceptors (Lipinski definition) is 5. The van der Waals surface area contributed by atoms with Crippen molar-refractivity contribution in [3.8, 4) is 11.5 Å². The molecule has 18 heavy (non-hydrogen) atoms. The highest BCUT2D eigenvalue weighted by Gasteiger charge is 2.23. The Hall–Kier alpha value is -2.08. The minimum absolute atomic E-state index is 0.0371. The molecule has 0 saturated carbocycles. The van der Waals surface area contributed by atoms with Gasteiger partial charge in [0.15, 0.2) is 17.3 Å². The third-order valence-electron chi connectivity index (χ3n) is 2.22. The lowest BCUT2D eigenvalue weighted by Crippen LogP contribution is -2.18. The molecule has 0 aromatic heterocycles. The molecule has 0 spiro atoms. The van der Waals surface area contributed by atoms with Gasteiger partial charge in [-0.05, 0) is 42.9 Å². The number of ether oxygens (including phenoxy) is 2. The molecular weight excluding hydrogens is 254 g/mol. The molecule has 1 saturated heterocycles. The zero-order chi connectivity index (χ0) is 13.1. The van der Waals surface area contributed by atoms with Crippen molar-refractivity contribution in [2.24, 2.45) is 0 Å². The number of amides is 1. The molecule has 0 atom stereocenters. The zero-order valence-corrected chi connectivity index (χ0v) is 10.4. The van der Waals surface area contributed by atoms with Gasteiger partial charge in [-0.3, -0.25) is 10.1 Å². The van der Waals surface area contributed by atoms with Gasteiger partial charge in [-0.1, -0.05) is 6.07 Å². The van der Waals surface area contributed by atoms with Crippen LogP contribution in [0.2, 0.25) is 0 Å². The van der Waals surface area contributed by atoms with Crippen LogP contribution in [0.5, 0.6) is 11.5 Å². The smallest absolute Gasteiger partial charge is 0.294 e. The van der Waals surface area contributed by atoms with E-state index in [0.29, 0.717) is 17.9 Å². The van der Waals surface area contributed by atoms with E-state index < -0.39 is 0 Å². The van der Waals surface area contributed by atoms with E-state index in [1.165, 1.54) is 12.1 Å². The van der Waals surface area contributed by atoms with Gasteiger partial charge in [0.05, 0.1) is 6.61 Å². The molecule has 0 unspecified atom stereocenters. The van der Waals surface area contributed by atoms with Crippen molar-refractivity contribution >= 4 is 29.4 Å². The fourth-order valence-corrected chi connectivity index (χ4v) is 1.65. The minimum atomic E-state index is -0.383. The van der Waals surface area contributed by atoms with Gasteiger partial charge in [-0.15, -0.1) is 0 Å². The van der Waals surface area contributed by atoms with Crippen LogP contribution in [0.4, 0.5) is 0 Å². The molecular formula is C12H11NO4S. The molecule has 6 heteroatoms. The van der Waals surface area contributed by atoms with E-state index in [4.69, 9.17) is 21.7 Å². The lowest BCUT2D eigenvalue weighted by Gasteiger charge is -2.06. The van der Waals surface area contributed by atoms with E-state index in [0.717, 1.165) is 0 Å². The summed E-state index contributed by atoms with van der Waals surface area (Å²) in [4.78, 5) is 11.4. The summed E-state index contributed by atoms with van der Waals surface area (Å²) >= 11 is 4.72. The molecule has 2 N–H and O–H groups in total. The highest BCUT2D eigenvalue weighted by Crippen LogP contribution is 2.28. The molecule has 0 bridgehead atoms. The third-order valence-corrected chi connectivity index (χ3v) is 2.41. The van der Waals surface area contributed by atoms with Gasteiger partial charge in [0.1, 0.15) is 0 Å². The Morgan fingerprint density at radius 2 is 2.33 bits per heavy atom. The highest BCUT2D eigenvalue weighted by atomic mass is 32.1. The predicted molar refractivity (Wildman–Crippen MR) is 69.1 cm³/mol. The first kappa shape index (κ1) is 12.4. The van der Waals surface area contributed by atoms with Crippen LogP contribution in [-0.4, -0.2) is 22.8 Å². The molecule has 1 fully saturated rings. The highest BCUT2D eigenvalue weighted by molar-refractivity contribution is 7.80. The summed E-state index contributed by atoms with van der Waals surface area (Å²) in [7, 11) is 0. The van der Waals surface area contributed by atoms with Gasteiger partial charge in [-0.2, -0.15) is 0 Å². The fourth-order valence-electron chi connectivity index (χ4n) is 1.46. The van der Waals surface area contributed by atoms with Crippen LogP contribution in [0.1, 0.15) is 12.5 Å². The summed E-state index contributed by atoms with van der Waals surface area (Å²) in [6, 6.07) is 4.75. The van der Waals surface area contributed by atoms with Crippen molar-refractivity contribution in [1.29, 1.82) is 0 Å². The maximum atomic E-state index is 11.4. The molecule has 5 nitrogen and oxygen atoms in total. The molecule has 2 rings (SSSR count). The van der Waals surface area contributed by atoms with Gasteiger partial charge in [-0.25, -0.2) is 0 Å². The minimum Gasteiger partial charge on any atom is -0.504 e. The maximum absolute atomic E-state index is 11.4. The van der Waals surface area contributed by atoms with E-state index in [1.54, 1.807) is 12.1 Å². The summed E-state index contributed by atoms with van der Waals surface area (Å²) in [5, 5.41) is 11.9. The van der Waals surface area contributed by atoms with Crippen molar-refractivity contribution in [3.05, 3.63) is 29.5 Å². The van der Waals surface area contributed by atoms with Crippen molar-refractivity contribution < 1.29 is 19.4 Å². The van der Waals surface area contributed by atoms with Crippen LogP contribution >= 0.6 is 12.2 Å². The standard InChI is InChI=1S/C12H11NO4S/c1-2-16-9-5-7(3-4-8(9)14)6-10-11(15)13-12(18)17-10/h3-6,14H,2H2,1H3,(H,13,15,18)/b10-6-. The third kappa shape index (κ3) is 2.60. The molecule has 0 radical (unpaired) electrons. The van der Waals surface area contributed by atoms with Gasteiger partial charge < -0.3 is 14.6 Å². The monoisotopic (exact) mass is 265 g/mol. The number of carbonyl (C=O) groups excluding carboxylic acids is 1. The first-order chi connectivity index (χ1) is 8.60. The van der Waals surface area contributed by atoms with Crippen LogP contribution in [0, 0.1) is 0 Å². The summed E-state index contributed by atoms with van der Waals surface area (Å²) in [6.45, 7) is 2.26. The number of phenolic OH excluding ortho intramolecular Hbond substituents is 1. The van der Waals surface area contributed by atoms with Crippen LogP contribution < -0.4 is 10.1 Å². The number of phenols is 1. The van der Waals surface area contributed by atoms with Gasteiger partial charge in [0.2, 0.25) is 0 Å². The number of benzene rings is 1. The van der Waals surface area contributed by atoms with Gasteiger partial charge in [0, 0.05) is 0 Å². The molecule has 94 valence electrons. The zero-order valence-electron chi connectivity index (χ0n) is 9.60. The SMILES string of the molecule is CCOc1cc(/C=C2\OC(=S)NC2=O)ccc1O. The second-order valence-electron chi connectivity index (χ2n) is 3.51. The Kier molecular flexibility index (Phi) is 3.47. The summed E-state index contributed by atoms with van der Waals surface area (Å²) in [5.74, 6) is 0.137. The van der Waals surface area contributed by atoms with Crippen LogP contribution in [0.3, 0.4) is 0 Å². The molecule has 1 aliphatic heterocycles. The second kappa shape index (κ2) is 5.05. The van der Waals surface area contributed by atoms with Crippen LogP contribution in [0.25, 0.3) is 6.08 Å². The molecule has 1 heterocycles. The molecule has 1 aromatic carbocycles. The molecule has 0 aliphatic carbocycles. The van der Waals surface area contributed by atoms with Crippen molar-refractivity contribution in [3.63, 3.8) is 0 Å². The van der Waals surface area contributed by atoms with E-state index in [9.17, 15) is 9.90 Å². The Bertz CT molecular complexity index is 539. The number of hydrogen-bond donors (Lipinski definition) is 2. The largest absolute Gasteiger partial charge is 0.504 e. The quantitative estimate of drug-likeness (QED) is 0.641. The summed E-state index contributed by atoms with van der Waals surface area (Å²) in [6.07, 6.45) is 1.52. The Morgan fingerprint density at radius 3 is 2.94 bits per heavy atom. The maximum Gasteiger partial charge on any atom is 0.294 e. The van der Waals surface area contributed by atoms with Crippen LogP contribution in [0.15, 0.2) is 24.0 Å². The lowest BCUT2D eigenvalue weighted by atomic mass is 10.2.